The zero-order valence-corrected chi connectivity index (χ0v) is 39.8. The van der Waals surface area contributed by atoms with E-state index in [2.05, 4.69) is 260 Å². The summed E-state index contributed by atoms with van der Waals surface area (Å²) in [7, 11) is 0. The van der Waals surface area contributed by atoms with Crippen molar-refractivity contribution < 1.29 is 0 Å². The second-order valence-electron chi connectivity index (χ2n) is 21.5. The SMILES string of the molecule is CC(C)(C)c1cc(-c2cc(C(C)(C)C)ccc2-c2cccc(N(c3ccccc3)c3ccc4ccc5c(-n6c7ccccc7c7ccccc76)ccc6ccc3c4c65)c2)cc(C(C)(C)C)c1. The Balaban J connectivity index is 1.12. The fourth-order valence-electron chi connectivity index (χ4n) is 10.3. The summed E-state index contributed by atoms with van der Waals surface area (Å²) in [5.74, 6) is 0. The normalized spacial score (nSPS) is 12.6. The summed E-state index contributed by atoms with van der Waals surface area (Å²) in [5, 5.41) is 10.1. The molecule has 10 aromatic carbocycles. The summed E-state index contributed by atoms with van der Waals surface area (Å²) in [6.07, 6.45) is 0. The number of anilines is 3. The Morgan fingerprint density at radius 1 is 0.348 bits per heavy atom. The van der Waals surface area contributed by atoms with Crippen LogP contribution in [0.4, 0.5) is 17.1 Å². The van der Waals surface area contributed by atoms with Gasteiger partial charge in [-0.1, -0.05) is 202 Å². The molecule has 66 heavy (non-hydrogen) atoms. The van der Waals surface area contributed by atoms with Crippen LogP contribution in [0.15, 0.2) is 188 Å². The van der Waals surface area contributed by atoms with E-state index in [1.165, 1.54) is 98.8 Å². The first-order valence-corrected chi connectivity index (χ1v) is 23.6. The van der Waals surface area contributed by atoms with Crippen molar-refractivity contribution in [3.05, 3.63) is 205 Å². The first kappa shape index (κ1) is 41.5. The first-order chi connectivity index (χ1) is 31.6. The molecule has 0 N–H and O–H groups in total. The Bertz CT molecular complexity index is 3550. The van der Waals surface area contributed by atoms with Gasteiger partial charge in [-0.15, -0.1) is 0 Å². The van der Waals surface area contributed by atoms with E-state index in [4.69, 9.17) is 0 Å². The molecule has 2 nitrogen and oxygen atoms in total. The quantitative estimate of drug-likeness (QED) is 0.151. The smallest absolute Gasteiger partial charge is 0.0541 e. The summed E-state index contributed by atoms with van der Waals surface area (Å²) in [6, 6.07) is 70.8. The van der Waals surface area contributed by atoms with Gasteiger partial charge in [0.1, 0.15) is 0 Å². The molecule has 0 amide bonds. The fourth-order valence-corrected chi connectivity index (χ4v) is 10.3. The molecule has 0 spiro atoms. The molecule has 0 radical (unpaired) electrons. The zero-order chi connectivity index (χ0) is 45.7. The van der Waals surface area contributed by atoms with E-state index in [1.54, 1.807) is 0 Å². The van der Waals surface area contributed by atoms with Gasteiger partial charge in [0.15, 0.2) is 0 Å². The molecule has 0 aliphatic rings. The maximum absolute atomic E-state index is 2.46. The van der Waals surface area contributed by atoms with Crippen LogP contribution in [0.1, 0.15) is 79.0 Å². The lowest BCUT2D eigenvalue weighted by atomic mass is 9.77. The highest BCUT2D eigenvalue weighted by molar-refractivity contribution is 6.27. The molecule has 0 saturated heterocycles. The number of benzene rings is 10. The van der Waals surface area contributed by atoms with Crippen LogP contribution >= 0.6 is 0 Å². The van der Waals surface area contributed by atoms with Gasteiger partial charge in [-0.3, -0.25) is 0 Å². The van der Waals surface area contributed by atoms with E-state index in [-0.39, 0.29) is 16.2 Å². The van der Waals surface area contributed by atoms with Crippen molar-refractivity contribution in [1.82, 2.24) is 4.57 Å². The van der Waals surface area contributed by atoms with Crippen molar-refractivity contribution in [2.45, 2.75) is 78.6 Å². The molecular formula is C64H58N2. The summed E-state index contributed by atoms with van der Waals surface area (Å²) in [4.78, 5) is 2.46. The van der Waals surface area contributed by atoms with Crippen molar-refractivity contribution in [3.8, 4) is 27.9 Å². The third-order valence-electron chi connectivity index (χ3n) is 14.0. The summed E-state index contributed by atoms with van der Waals surface area (Å²) >= 11 is 0. The molecule has 0 atom stereocenters. The molecule has 0 bridgehead atoms. The van der Waals surface area contributed by atoms with E-state index in [9.17, 15) is 0 Å². The molecule has 2 heteroatoms. The van der Waals surface area contributed by atoms with E-state index < -0.39 is 0 Å². The standard InChI is InChI=1S/C64H58N2/c1-62(2,3)45-30-33-50(55(40-45)44-36-46(63(4,5)6)39-47(37-44)64(7,8)9)43-18-17-21-49(38-43)65(48-19-11-10-12-20-48)58-34-28-41-27-32-54-59(35-29-42-26-31-53(58)60(41)61(42)54)66-56-24-15-13-22-51(56)52-23-14-16-25-57(52)66/h10-40H,1-9H3. The number of nitrogens with zero attached hydrogens (tertiary/aromatic N) is 2. The Hall–Kier alpha value is -7.16. The largest absolute Gasteiger partial charge is 0.310 e. The van der Waals surface area contributed by atoms with Gasteiger partial charge in [0.05, 0.1) is 22.4 Å². The van der Waals surface area contributed by atoms with Gasteiger partial charge in [-0.05, 0) is 125 Å². The average Bonchev–Trinajstić information content (AvgIpc) is 3.64. The predicted molar refractivity (Wildman–Crippen MR) is 286 cm³/mol. The highest BCUT2D eigenvalue weighted by Gasteiger charge is 2.25. The van der Waals surface area contributed by atoms with Crippen LogP contribution in [0.2, 0.25) is 0 Å². The van der Waals surface area contributed by atoms with Gasteiger partial charge < -0.3 is 9.47 Å². The summed E-state index contributed by atoms with van der Waals surface area (Å²) < 4.78 is 2.46. The first-order valence-electron chi connectivity index (χ1n) is 23.6. The third kappa shape index (κ3) is 6.94. The molecular weight excluding hydrogens is 797 g/mol. The van der Waals surface area contributed by atoms with Crippen molar-refractivity contribution in [1.29, 1.82) is 0 Å². The Morgan fingerprint density at radius 3 is 1.53 bits per heavy atom. The lowest BCUT2D eigenvalue weighted by molar-refractivity contribution is 0.569. The monoisotopic (exact) mass is 854 g/mol. The van der Waals surface area contributed by atoms with Crippen molar-refractivity contribution in [3.63, 3.8) is 0 Å². The summed E-state index contributed by atoms with van der Waals surface area (Å²) in [6.45, 7) is 20.9. The molecule has 0 aliphatic carbocycles. The van der Waals surface area contributed by atoms with Crippen LogP contribution in [0, 0.1) is 0 Å². The van der Waals surface area contributed by atoms with Gasteiger partial charge in [0, 0.05) is 32.9 Å². The van der Waals surface area contributed by atoms with Crippen LogP contribution in [-0.4, -0.2) is 4.57 Å². The second kappa shape index (κ2) is 15.2. The minimum atomic E-state index is -0.00697. The highest BCUT2D eigenvalue weighted by Crippen LogP contribution is 2.47. The van der Waals surface area contributed by atoms with Crippen LogP contribution in [0.25, 0.3) is 82.1 Å². The number of rotatable bonds is 6. The highest BCUT2D eigenvalue weighted by atomic mass is 15.1. The number of fused-ring (bicyclic) bond motifs is 3. The topological polar surface area (TPSA) is 8.17 Å². The predicted octanol–water partition coefficient (Wildman–Crippen LogP) is 18.4. The fraction of sp³-hybridized carbons (Fsp3) is 0.188. The maximum atomic E-state index is 2.46. The van der Waals surface area contributed by atoms with Gasteiger partial charge in [-0.2, -0.15) is 0 Å². The Kier molecular flexibility index (Phi) is 9.57. The van der Waals surface area contributed by atoms with Crippen LogP contribution in [0.3, 0.4) is 0 Å². The molecule has 1 heterocycles. The maximum Gasteiger partial charge on any atom is 0.0541 e. The van der Waals surface area contributed by atoms with Gasteiger partial charge >= 0.3 is 0 Å². The molecule has 11 rings (SSSR count). The van der Waals surface area contributed by atoms with Crippen LogP contribution in [-0.2, 0) is 16.2 Å². The van der Waals surface area contributed by atoms with Crippen LogP contribution < -0.4 is 4.90 Å². The lowest BCUT2D eigenvalue weighted by Gasteiger charge is -2.29. The minimum Gasteiger partial charge on any atom is -0.310 e. The molecule has 0 unspecified atom stereocenters. The zero-order valence-electron chi connectivity index (χ0n) is 39.8. The van der Waals surface area contributed by atoms with E-state index in [1.807, 2.05) is 0 Å². The van der Waals surface area contributed by atoms with E-state index in [0.717, 1.165) is 17.1 Å². The average molecular weight is 855 g/mol. The second-order valence-corrected chi connectivity index (χ2v) is 21.5. The molecule has 0 saturated carbocycles. The van der Waals surface area contributed by atoms with E-state index in [0.29, 0.717) is 0 Å². The lowest BCUT2D eigenvalue weighted by Crippen LogP contribution is -2.16. The number of hydrogen-bond donors (Lipinski definition) is 0. The summed E-state index contributed by atoms with van der Waals surface area (Å²) in [5.41, 5.74) is 16.0. The van der Waals surface area contributed by atoms with Gasteiger partial charge in [-0.25, -0.2) is 0 Å². The van der Waals surface area contributed by atoms with Gasteiger partial charge in [0.25, 0.3) is 0 Å². The number of aromatic nitrogens is 1. The Morgan fingerprint density at radius 2 is 0.894 bits per heavy atom. The number of para-hydroxylation sites is 3. The van der Waals surface area contributed by atoms with E-state index >= 15 is 0 Å². The molecule has 0 fully saturated rings. The molecule has 0 aliphatic heterocycles. The van der Waals surface area contributed by atoms with Crippen molar-refractivity contribution >= 4 is 71.2 Å². The number of hydrogen-bond acceptors (Lipinski definition) is 1. The van der Waals surface area contributed by atoms with Crippen molar-refractivity contribution in [2.75, 3.05) is 4.90 Å². The van der Waals surface area contributed by atoms with Gasteiger partial charge in [0.2, 0.25) is 0 Å². The van der Waals surface area contributed by atoms with Crippen LogP contribution in [0.5, 0.6) is 0 Å². The minimum absolute atomic E-state index is 0.00118. The molecule has 324 valence electrons. The van der Waals surface area contributed by atoms with Crippen molar-refractivity contribution in [2.24, 2.45) is 0 Å². The molecule has 1 aromatic heterocycles. The third-order valence-corrected chi connectivity index (χ3v) is 14.0. The molecule has 11 aromatic rings. The Labute approximate surface area is 390 Å².